The standard InChI is InChI=1S/C21H16N2O4/c24-20(12-17-13-26-21(22-17)16-9-5-2-6-10-16)25-14-18-11-19(27-23-18)15-7-3-1-4-8-15/h1-11,13H,12,14H2. The molecule has 2 aromatic carbocycles. The van der Waals surface area contributed by atoms with E-state index in [1.807, 2.05) is 60.7 Å². The number of oxazole rings is 1. The van der Waals surface area contributed by atoms with Crippen molar-refractivity contribution in [3.05, 3.63) is 84.4 Å². The molecule has 2 heterocycles. The monoisotopic (exact) mass is 360 g/mol. The van der Waals surface area contributed by atoms with Gasteiger partial charge in [0.1, 0.15) is 18.6 Å². The molecule has 2 aromatic heterocycles. The zero-order valence-corrected chi connectivity index (χ0v) is 14.4. The smallest absolute Gasteiger partial charge is 0.312 e. The van der Waals surface area contributed by atoms with Crippen LogP contribution in [0.15, 0.2) is 81.9 Å². The number of benzene rings is 2. The summed E-state index contributed by atoms with van der Waals surface area (Å²) in [7, 11) is 0. The summed E-state index contributed by atoms with van der Waals surface area (Å²) in [6.45, 7) is 0.0402. The number of hydrogen-bond acceptors (Lipinski definition) is 6. The third-order valence-corrected chi connectivity index (χ3v) is 3.90. The zero-order chi connectivity index (χ0) is 18.5. The third kappa shape index (κ3) is 4.12. The molecule has 0 aliphatic carbocycles. The summed E-state index contributed by atoms with van der Waals surface area (Å²) in [5.41, 5.74) is 2.84. The van der Waals surface area contributed by atoms with Crippen molar-refractivity contribution in [1.82, 2.24) is 10.1 Å². The van der Waals surface area contributed by atoms with Crippen molar-refractivity contribution in [2.24, 2.45) is 0 Å². The Balaban J connectivity index is 1.33. The highest BCUT2D eigenvalue weighted by atomic mass is 16.5. The fraction of sp³-hybridized carbons (Fsp3) is 0.0952. The van der Waals surface area contributed by atoms with Gasteiger partial charge in [-0.25, -0.2) is 4.98 Å². The highest BCUT2D eigenvalue weighted by Gasteiger charge is 2.13. The molecule has 134 valence electrons. The fourth-order valence-electron chi connectivity index (χ4n) is 2.57. The van der Waals surface area contributed by atoms with Crippen LogP contribution >= 0.6 is 0 Å². The van der Waals surface area contributed by atoms with E-state index in [0.717, 1.165) is 11.1 Å². The van der Waals surface area contributed by atoms with E-state index in [1.54, 1.807) is 6.07 Å². The fourth-order valence-corrected chi connectivity index (χ4v) is 2.57. The van der Waals surface area contributed by atoms with Gasteiger partial charge in [0.25, 0.3) is 0 Å². The first-order chi connectivity index (χ1) is 13.3. The number of ether oxygens (including phenoxy) is 1. The minimum Gasteiger partial charge on any atom is -0.459 e. The zero-order valence-electron chi connectivity index (χ0n) is 14.4. The van der Waals surface area contributed by atoms with Gasteiger partial charge < -0.3 is 13.7 Å². The van der Waals surface area contributed by atoms with E-state index in [1.165, 1.54) is 6.26 Å². The molecule has 0 spiro atoms. The van der Waals surface area contributed by atoms with E-state index >= 15 is 0 Å². The Kier molecular flexibility index (Phi) is 4.78. The highest BCUT2D eigenvalue weighted by Crippen LogP contribution is 2.20. The minimum atomic E-state index is -0.410. The predicted octanol–water partition coefficient (Wildman–Crippen LogP) is 4.28. The van der Waals surface area contributed by atoms with Gasteiger partial charge in [-0.15, -0.1) is 0 Å². The molecule has 6 heteroatoms. The van der Waals surface area contributed by atoms with Crippen LogP contribution < -0.4 is 0 Å². The molecule has 0 N–H and O–H groups in total. The highest BCUT2D eigenvalue weighted by molar-refractivity contribution is 5.72. The maximum atomic E-state index is 12.0. The lowest BCUT2D eigenvalue weighted by atomic mass is 10.2. The van der Waals surface area contributed by atoms with Gasteiger partial charge in [-0.3, -0.25) is 4.79 Å². The molecule has 4 aromatic rings. The summed E-state index contributed by atoms with van der Waals surface area (Å²) in [6.07, 6.45) is 1.49. The van der Waals surface area contributed by atoms with Gasteiger partial charge in [0.05, 0.1) is 12.1 Å². The van der Waals surface area contributed by atoms with Crippen LogP contribution in [0.1, 0.15) is 11.4 Å². The van der Waals surface area contributed by atoms with Gasteiger partial charge >= 0.3 is 5.97 Å². The van der Waals surface area contributed by atoms with Crippen molar-refractivity contribution in [2.45, 2.75) is 13.0 Å². The Hall–Kier alpha value is -3.67. The normalized spacial score (nSPS) is 10.7. The van der Waals surface area contributed by atoms with E-state index in [0.29, 0.717) is 23.0 Å². The number of carbonyl (C=O) groups excluding carboxylic acids is 1. The van der Waals surface area contributed by atoms with E-state index in [-0.39, 0.29) is 13.0 Å². The van der Waals surface area contributed by atoms with Crippen LogP contribution in [0.2, 0.25) is 0 Å². The minimum absolute atomic E-state index is 0.0275. The molecule has 6 nitrogen and oxygen atoms in total. The van der Waals surface area contributed by atoms with Crippen LogP contribution in [0.3, 0.4) is 0 Å². The molecular weight excluding hydrogens is 344 g/mol. The lowest BCUT2D eigenvalue weighted by molar-refractivity contribution is -0.144. The number of aromatic nitrogens is 2. The molecule has 0 bridgehead atoms. The van der Waals surface area contributed by atoms with Gasteiger partial charge in [0.2, 0.25) is 5.89 Å². The topological polar surface area (TPSA) is 78.4 Å². The second-order valence-electron chi connectivity index (χ2n) is 5.90. The number of hydrogen-bond donors (Lipinski definition) is 0. The average Bonchev–Trinajstić information content (AvgIpc) is 3.37. The molecule has 4 rings (SSSR count). The number of nitrogens with zero attached hydrogens (tertiary/aromatic N) is 2. The molecule has 0 atom stereocenters. The molecule has 0 saturated heterocycles. The Labute approximate surface area is 155 Å². The van der Waals surface area contributed by atoms with Gasteiger partial charge in [-0.2, -0.15) is 0 Å². The second kappa shape index (κ2) is 7.70. The van der Waals surface area contributed by atoms with Gasteiger partial charge in [0.15, 0.2) is 5.76 Å². The molecule has 0 fully saturated rings. The SMILES string of the molecule is O=C(Cc1coc(-c2ccccc2)n1)OCc1cc(-c2ccccc2)on1. The summed E-state index contributed by atoms with van der Waals surface area (Å²) < 4.78 is 16.0. The van der Waals surface area contributed by atoms with Gasteiger partial charge in [0, 0.05) is 17.2 Å². The van der Waals surface area contributed by atoms with Crippen molar-refractivity contribution in [2.75, 3.05) is 0 Å². The number of carbonyl (C=O) groups is 1. The van der Waals surface area contributed by atoms with Crippen molar-refractivity contribution >= 4 is 5.97 Å². The summed E-state index contributed by atoms with van der Waals surface area (Å²) in [4.78, 5) is 16.4. The predicted molar refractivity (Wildman–Crippen MR) is 97.4 cm³/mol. The maximum Gasteiger partial charge on any atom is 0.312 e. The quantitative estimate of drug-likeness (QED) is 0.478. The number of esters is 1. The van der Waals surface area contributed by atoms with Crippen LogP contribution in [0, 0.1) is 0 Å². The van der Waals surface area contributed by atoms with Crippen molar-refractivity contribution in [3.8, 4) is 22.8 Å². The van der Waals surface area contributed by atoms with Crippen LogP contribution in [0.4, 0.5) is 0 Å². The molecule has 0 radical (unpaired) electrons. The van der Waals surface area contributed by atoms with E-state index < -0.39 is 5.97 Å². The first-order valence-electron chi connectivity index (χ1n) is 8.44. The third-order valence-electron chi connectivity index (χ3n) is 3.90. The molecule has 0 unspecified atom stereocenters. The van der Waals surface area contributed by atoms with Crippen LogP contribution in [-0.2, 0) is 22.6 Å². The second-order valence-corrected chi connectivity index (χ2v) is 5.90. The van der Waals surface area contributed by atoms with Crippen molar-refractivity contribution < 1.29 is 18.5 Å². The van der Waals surface area contributed by atoms with Gasteiger partial charge in [-0.1, -0.05) is 53.7 Å². The van der Waals surface area contributed by atoms with Crippen molar-refractivity contribution in [3.63, 3.8) is 0 Å². The summed E-state index contributed by atoms with van der Waals surface area (Å²) in [6, 6.07) is 20.9. The van der Waals surface area contributed by atoms with Crippen LogP contribution in [0.5, 0.6) is 0 Å². The number of rotatable bonds is 6. The Morgan fingerprint density at radius 3 is 2.37 bits per heavy atom. The molecule has 0 aliphatic heterocycles. The molecule has 27 heavy (non-hydrogen) atoms. The van der Waals surface area contributed by atoms with Crippen LogP contribution in [-0.4, -0.2) is 16.1 Å². The van der Waals surface area contributed by atoms with Gasteiger partial charge in [-0.05, 0) is 12.1 Å². The molecule has 0 amide bonds. The Morgan fingerprint density at radius 2 is 1.63 bits per heavy atom. The average molecular weight is 360 g/mol. The maximum absolute atomic E-state index is 12.0. The summed E-state index contributed by atoms with van der Waals surface area (Å²) in [5.74, 6) is 0.695. The van der Waals surface area contributed by atoms with E-state index in [2.05, 4.69) is 10.1 Å². The molecule has 0 saturated carbocycles. The molecule has 0 aliphatic rings. The largest absolute Gasteiger partial charge is 0.459 e. The van der Waals surface area contributed by atoms with Crippen LogP contribution in [0.25, 0.3) is 22.8 Å². The lowest BCUT2D eigenvalue weighted by Gasteiger charge is -1.99. The summed E-state index contributed by atoms with van der Waals surface area (Å²) in [5, 5.41) is 3.93. The van der Waals surface area contributed by atoms with E-state index in [4.69, 9.17) is 13.7 Å². The summed E-state index contributed by atoms with van der Waals surface area (Å²) >= 11 is 0. The first kappa shape index (κ1) is 16.8. The first-order valence-corrected chi connectivity index (χ1v) is 8.44. The molecular formula is C21H16N2O4. The Morgan fingerprint density at radius 1 is 0.926 bits per heavy atom. The van der Waals surface area contributed by atoms with Crippen molar-refractivity contribution in [1.29, 1.82) is 0 Å². The Bertz CT molecular complexity index is 1020. The van der Waals surface area contributed by atoms with E-state index in [9.17, 15) is 4.79 Å². The lowest BCUT2D eigenvalue weighted by Crippen LogP contribution is -2.08.